The molecule has 0 amide bonds. The smallest absolute Gasteiger partial charge is 0.187 e. The molecule has 62 valence electrons. The topological polar surface area (TPSA) is 30.0 Å². The minimum Gasteiger partial charge on any atom is -0.289 e. The third-order valence-corrected chi connectivity index (χ3v) is 2.49. The van der Waals surface area contributed by atoms with Gasteiger partial charge in [-0.15, -0.1) is 0 Å². The highest BCUT2D eigenvalue weighted by molar-refractivity contribution is 9.11. The second kappa shape index (κ2) is 3.96. The van der Waals surface area contributed by atoms with Gasteiger partial charge < -0.3 is 0 Å². The van der Waals surface area contributed by atoms with Crippen LogP contribution in [0.2, 0.25) is 0 Å². The van der Waals surface area contributed by atoms with Gasteiger partial charge in [-0.3, -0.25) is 9.78 Å². The maximum absolute atomic E-state index is 11.2. The lowest BCUT2D eigenvalue weighted by atomic mass is 10.2. The minimum absolute atomic E-state index is 0.129. The standard InChI is InChI=1S/C8H5Br2NO/c1-2-7(12)8-5(9)3-11-4-6(8)10/h2-4H,1H2. The number of allylic oxidation sites excluding steroid dienone is 1. The number of carbonyl (C=O) groups excluding carboxylic acids is 1. The zero-order chi connectivity index (χ0) is 9.14. The zero-order valence-electron chi connectivity index (χ0n) is 6.05. The molecule has 1 heterocycles. The Bertz CT molecular complexity index is 316. The van der Waals surface area contributed by atoms with Crippen molar-refractivity contribution in [2.45, 2.75) is 0 Å². The highest BCUT2D eigenvalue weighted by Crippen LogP contribution is 2.24. The van der Waals surface area contributed by atoms with Gasteiger partial charge in [-0.2, -0.15) is 0 Å². The van der Waals surface area contributed by atoms with Crippen molar-refractivity contribution in [3.05, 3.63) is 39.6 Å². The van der Waals surface area contributed by atoms with Gasteiger partial charge in [-0.05, 0) is 37.9 Å². The van der Waals surface area contributed by atoms with Gasteiger partial charge in [0, 0.05) is 21.3 Å². The summed E-state index contributed by atoms with van der Waals surface area (Å²) in [5.74, 6) is -0.129. The van der Waals surface area contributed by atoms with E-state index in [4.69, 9.17) is 0 Å². The first-order valence-corrected chi connectivity index (χ1v) is 4.71. The third-order valence-electron chi connectivity index (χ3n) is 1.29. The van der Waals surface area contributed by atoms with Gasteiger partial charge in [0.2, 0.25) is 0 Å². The van der Waals surface area contributed by atoms with E-state index >= 15 is 0 Å². The molecule has 12 heavy (non-hydrogen) atoms. The second-order valence-electron chi connectivity index (χ2n) is 2.05. The van der Waals surface area contributed by atoms with Crippen LogP contribution in [0.3, 0.4) is 0 Å². The van der Waals surface area contributed by atoms with Crippen LogP contribution in [0.4, 0.5) is 0 Å². The van der Waals surface area contributed by atoms with Crippen LogP contribution in [0.15, 0.2) is 34.0 Å². The van der Waals surface area contributed by atoms with E-state index in [-0.39, 0.29) is 5.78 Å². The summed E-state index contributed by atoms with van der Waals surface area (Å²) in [4.78, 5) is 15.1. The van der Waals surface area contributed by atoms with Crippen molar-refractivity contribution in [3.63, 3.8) is 0 Å². The van der Waals surface area contributed by atoms with E-state index in [1.54, 1.807) is 12.4 Å². The molecule has 0 aliphatic heterocycles. The number of rotatable bonds is 2. The van der Waals surface area contributed by atoms with Crippen LogP contribution in [-0.4, -0.2) is 10.8 Å². The molecule has 0 atom stereocenters. The quantitative estimate of drug-likeness (QED) is 0.619. The zero-order valence-corrected chi connectivity index (χ0v) is 9.22. The van der Waals surface area contributed by atoms with E-state index in [0.717, 1.165) is 0 Å². The normalized spacial score (nSPS) is 9.50. The molecule has 0 saturated carbocycles. The summed E-state index contributed by atoms with van der Waals surface area (Å²) in [5, 5.41) is 0. The van der Waals surface area contributed by atoms with Gasteiger partial charge in [-0.1, -0.05) is 6.58 Å². The molecular weight excluding hydrogens is 286 g/mol. The SMILES string of the molecule is C=CC(=O)c1c(Br)cncc1Br. The van der Waals surface area contributed by atoms with Gasteiger partial charge >= 0.3 is 0 Å². The van der Waals surface area contributed by atoms with E-state index in [2.05, 4.69) is 43.4 Å². The summed E-state index contributed by atoms with van der Waals surface area (Å²) in [5.41, 5.74) is 0.556. The van der Waals surface area contributed by atoms with Crippen LogP contribution in [0.1, 0.15) is 10.4 Å². The molecule has 0 aliphatic rings. The lowest BCUT2D eigenvalue weighted by Crippen LogP contribution is -1.97. The third kappa shape index (κ3) is 1.81. The van der Waals surface area contributed by atoms with E-state index in [1.807, 2.05) is 0 Å². The van der Waals surface area contributed by atoms with Crippen molar-refractivity contribution >= 4 is 37.6 Å². The number of hydrogen-bond acceptors (Lipinski definition) is 2. The van der Waals surface area contributed by atoms with Crippen molar-refractivity contribution < 1.29 is 4.79 Å². The molecule has 1 aromatic rings. The molecule has 0 radical (unpaired) electrons. The fraction of sp³-hybridized carbons (Fsp3) is 0. The van der Waals surface area contributed by atoms with Crippen LogP contribution < -0.4 is 0 Å². The molecule has 0 N–H and O–H groups in total. The van der Waals surface area contributed by atoms with Crippen LogP contribution in [-0.2, 0) is 0 Å². The van der Waals surface area contributed by atoms with E-state index in [0.29, 0.717) is 14.5 Å². The highest BCUT2D eigenvalue weighted by Gasteiger charge is 2.10. The monoisotopic (exact) mass is 289 g/mol. The van der Waals surface area contributed by atoms with Crippen LogP contribution in [0.25, 0.3) is 0 Å². The van der Waals surface area contributed by atoms with Crippen molar-refractivity contribution in [2.75, 3.05) is 0 Å². The lowest BCUT2D eigenvalue weighted by Gasteiger charge is -2.00. The Morgan fingerprint density at radius 2 is 1.92 bits per heavy atom. The molecular formula is C8H5Br2NO. The molecule has 0 bridgehead atoms. The number of ketones is 1. The van der Waals surface area contributed by atoms with Crippen molar-refractivity contribution in [1.82, 2.24) is 4.98 Å². The fourth-order valence-corrected chi connectivity index (χ4v) is 2.07. The van der Waals surface area contributed by atoms with E-state index < -0.39 is 0 Å². The maximum Gasteiger partial charge on any atom is 0.187 e. The number of nitrogens with zero attached hydrogens (tertiary/aromatic N) is 1. The Morgan fingerprint density at radius 3 is 2.33 bits per heavy atom. The van der Waals surface area contributed by atoms with Crippen molar-refractivity contribution in [3.8, 4) is 0 Å². The molecule has 0 unspecified atom stereocenters. The van der Waals surface area contributed by atoms with Crippen molar-refractivity contribution in [2.24, 2.45) is 0 Å². The first kappa shape index (κ1) is 9.61. The highest BCUT2D eigenvalue weighted by atomic mass is 79.9. The minimum atomic E-state index is -0.129. The van der Waals surface area contributed by atoms with Crippen LogP contribution >= 0.6 is 31.9 Å². The predicted octanol–water partition coefficient (Wildman–Crippen LogP) is 2.98. The number of aromatic nitrogens is 1. The average molecular weight is 291 g/mol. The second-order valence-corrected chi connectivity index (χ2v) is 3.76. The number of pyridine rings is 1. The average Bonchev–Trinajstić information content (AvgIpc) is 2.03. The molecule has 0 saturated heterocycles. The maximum atomic E-state index is 11.2. The molecule has 2 nitrogen and oxygen atoms in total. The predicted molar refractivity (Wildman–Crippen MR) is 54.2 cm³/mol. The van der Waals surface area contributed by atoms with E-state index in [9.17, 15) is 4.79 Å². The summed E-state index contributed by atoms with van der Waals surface area (Å²) in [6.07, 6.45) is 4.41. The van der Waals surface area contributed by atoms with Crippen LogP contribution in [0.5, 0.6) is 0 Å². The van der Waals surface area contributed by atoms with E-state index in [1.165, 1.54) is 6.08 Å². The van der Waals surface area contributed by atoms with Gasteiger partial charge in [0.15, 0.2) is 5.78 Å². The number of hydrogen-bond donors (Lipinski definition) is 0. The first-order valence-electron chi connectivity index (χ1n) is 3.12. The molecule has 0 spiro atoms. The Kier molecular flexibility index (Phi) is 3.17. The lowest BCUT2D eigenvalue weighted by molar-refractivity contribution is 0.104. The Morgan fingerprint density at radius 1 is 1.42 bits per heavy atom. The summed E-state index contributed by atoms with van der Waals surface area (Å²) in [7, 11) is 0. The number of halogens is 2. The summed E-state index contributed by atoms with van der Waals surface area (Å²) in [6.45, 7) is 3.41. The van der Waals surface area contributed by atoms with Crippen molar-refractivity contribution in [1.29, 1.82) is 0 Å². The molecule has 1 rings (SSSR count). The van der Waals surface area contributed by atoms with Gasteiger partial charge in [0.1, 0.15) is 0 Å². The number of carbonyl (C=O) groups is 1. The summed E-state index contributed by atoms with van der Waals surface area (Å²) >= 11 is 6.45. The molecule has 0 aliphatic carbocycles. The largest absolute Gasteiger partial charge is 0.289 e. The fourth-order valence-electron chi connectivity index (χ4n) is 0.749. The summed E-state index contributed by atoms with van der Waals surface area (Å²) in [6, 6.07) is 0. The Hall–Kier alpha value is -0.480. The van der Waals surface area contributed by atoms with Gasteiger partial charge in [-0.25, -0.2) is 0 Å². The molecule has 4 heteroatoms. The van der Waals surface area contributed by atoms with Gasteiger partial charge in [0.25, 0.3) is 0 Å². The molecule has 0 fully saturated rings. The molecule has 1 aromatic heterocycles. The molecule has 0 aromatic carbocycles. The Labute approximate surface area is 87.0 Å². The van der Waals surface area contributed by atoms with Crippen LogP contribution in [0, 0.1) is 0 Å². The van der Waals surface area contributed by atoms with Gasteiger partial charge in [0.05, 0.1) is 5.56 Å². The summed E-state index contributed by atoms with van der Waals surface area (Å²) < 4.78 is 1.34. The Balaban J connectivity index is 3.30. The first-order chi connectivity index (χ1) is 5.66.